The first kappa shape index (κ1) is 25.4. The van der Waals surface area contributed by atoms with Gasteiger partial charge in [-0.3, -0.25) is 0 Å². The molecule has 3 aromatic carbocycles. The molecule has 192 valence electrons. The van der Waals surface area contributed by atoms with Gasteiger partial charge in [-0.2, -0.15) is 10.2 Å². The standard InChI is InChI=1S/C32H32N4O2/c1-24-12-14-28(15-13-24)29(20-36-18-27(17-33)19-36)16-30-31(37-21-25-8-4-2-5-9-25)32(35-23-34-30)38-22-26-10-6-3-7-11-26/h2-15,23,27,29H,16,18-22H2,1H3/t29-/m1/s1. The van der Waals surface area contributed by atoms with E-state index in [9.17, 15) is 5.26 Å². The van der Waals surface area contributed by atoms with Crippen molar-refractivity contribution in [3.8, 4) is 17.7 Å². The number of rotatable bonds is 11. The van der Waals surface area contributed by atoms with E-state index >= 15 is 0 Å². The van der Waals surface area contributed by atoms with Gasteiger partial charge >= 0.3 is 0 Å². The normalized spacial score (nSPS) is 14.3. The maximum atomic E-state index is 9.25. The summed E-state index contributed by atoms with van der Waals surface area (Å²) in [6, 6.07) is 31.2. The molecule has 2 heterocycles. The largest absolute Gasteiger partial charge is 0.482 e. The third-order valence-corrected chi connectivity index (χ3v) is 6.90. The zero-order chi connectivity index (χ0) is 26.2. The second-order valence-corrected chi connectivity index (χ2v) is 9.86. The molecule has 38 heavy (non-hydrogen) atoms. The Morgan fingerprint density at radius 2 is 1.50 bits per heavy atom. The van der Waals surface area contributed by atoms with Gasteiger partial charge in [0.25, 0.3) is 5.88 Å². The van der Waals surface area contributed by atoms with Gasteiger partial charge in [0.05, 0.1) is 17.7 Å². The van der Waals surface area contributed by atoms with E-state index in [-0.39, 0.29) is 11.8 Å². The summed E-state index contributed by atoms with van der Waals surface area (Å²) in [5.74, 6) is 1.34. The lowest BCUT2D eigenvalue weighted by Gasteiger charge is -2.38. The van der Waals surface area contributed by atoms with E-state index in [0.29, 0.717) is 31.3 Å². The molecule has 0 unspecified atom stereocenters. The third kappa shape index (κ3) is 6.56. The fourth-order valence-corrected chi connectivity index (χ4v) is 4.71. The van der Waals surface area contributed by atoms with Crippen LogP contribution in [0.3, 0.4) is 0 Å². The Kier molecular flexibility index (Phi) is 8.27. The number of likely N-dealkylation sites (tertiary alicyclic amines) is 1. The molecular formula is C32H32N4O2. The minimum atomic E-state index is 0.121. The molecule has 1 saturated heterocycles. The van der Waals surface area contributed by atoms with Gasteiger partial charge in [0, 0.05) is 32.0 Å². The average molecular weight is 505 g/mol. The van der Waals surface area contributed by atoms with E-state index in [0.717, 1.165) is 36.5 Å². The van der Waals surface area contributed by atoms with Gasteiger partial charge in [0.2, 0.25) is 5.75 Å². The molecule has 6 heteroatoms. The Balaban J connectivity index is 1.42. The number of hydrogen-bond acceptors (Lipinski definition) is 6. The number of aryl methyl sites for hydroxylation is 1. The summed E-state index contributed by atoms with van der Waals surface area (Å²) in [7, 11) is 0. The van der Waals surface area contributed by atoms with Crippen LogP contribution in [-0.4, -0.2) is 34.5 Å². The highest BCUT2D eigenvalue weighted by atomic mass is 16.5. The molecular weight excluding hydrogens is 472 g/mol. The summed E-state index contributed by atoms with van der Waals surface area (Å²) in [6.07, 6.45) is 2.23. The van der Waals surface area contributed by atoms with E-state index in [1.165, 1.54) is 11.1 Å². The topological polar surface area (TPSA) is 71.3 Å². The minimum absolute atomic E-state index is 0.121. The highest BCUT2D eigenvalue weighted by Crippen LogP contribution is 2.34. The number of aromatic nitrogens is 2. The van der Waals surface area contributed by atoms with Crippen molar-refractivity contribution >= 4 is 0 Å². The van der Waals surface area contributed by atoms with Crippen LogP contribution >= 0.6 is 0 Å². The fraction of sp³-hybridized carbons (Fsp3) is 0.281. The maximum absolute atomic E-state index is 9.25. The van der Waals surface area contributed by atoms with Gasteiger partial charge in [0.15, 0.2) is 0 Å². The predicted molar refractivity (Wildman–Crippen MR) is 147 cm³/mol. The molecule has 0 spiro atoms. The number of nitrogens with zero attached hydrogens (tertiary/aromatic N) is 4. The molecule has 1 aliphatic heterocycles. The summed E-state index contributed by atoms with van der Waals surface area (Å²) >= 11 is 0. The smallest absolute Gasteiger partial charge is 0.260 e. The van der Waals surface area contributed by atoms with Crippen molar-refractivity contribution in [2.45, 2.75) is 32.5 Å². The first-order chi connectivity index (χ1) is 18.7. The van der Waals surface area contributed by atoms with E-state index in [1.807, 2.05) is 60.7 Å². The lowest BCUT2D eigenvalue weighted by Crippen LogP contribution is -2.47. The van der Waals surface area contributed by atoms with Crippen LogP contribution in [0.25, 0.3) is 0 Å². The van der Waals surface area contributed by atoms with E-state index in [2.05, 4.69) is 52.1 Å². The molecule has 6 nitrogen and oxygen atoms in total. The Hall–Kier alpha value is -4.21. The molecule has 1 aromatic heterocycles. The fourth-order valence-electron chi connectivity index (χ4n) is 4.71. The number of ether oxygens (including phenoxy) is 2. The lowest BCUT2D eigenvalue weighted by atomic mass is 9.90. The molecule has 0 N–H and O–H groups in total. The molecule has 1 aliphatic rings. The Bertz CT molecular complexity index is 1350. The van der Waals surface area contributed by atoms with Gasteiger partial charge < -0.3 is 14.4 Å². The number of hydrogen-bond donors (Lipinski definition) is 0. The third-order valence-electron chi connectivity index (χ3n) is 6.90. The molecule has 0 aliphatic carbocycles. The zero-order valence-electron chi connectivity index (χ0n) is 21.7. The van der Waals surface area contributed by atoms with Crippen molar-refractivity contribution in [3.63, 3.8) is 0 Å². The van der Waals surface area contributed by atoms with E-state index < -0.39 is 0 Å². The van der Waals surface area contributed by atoms with Crippen LogP contribution in [0.1, 0.15) is 33.9 Å². The summed E-state index contributed by atoms with van der Waals surface area (Å²) in [5, 5.41) is 9.25. The van der Waals surface area contributed by atoms with Crippen LogP contribution in [0.15, 0.2) is 91.3 Å². The molecule has 0 amide bonds. The Labute approximate surface area is 224 Å². The monoisotopic (exact) mass is 504 g/mol. The van der Waals surface area contributed by atoms with Crippen LogP contribution in [0.5, 0.6) is 11.6 Å². The van der Waals surface area contributed by atoms with Crippen molar-refractivity contribution in [1.29, 1.82) is 5.26 Å². The molecule has 0 bridgehead atoms. The van der Waals surface area contributed by atoms with Gasteiger partial charge in [-0.15, -0.1) is 0 Å². The summed E-state index contributed by atoms with van der Waals surface area (Å²) < 4.78 is 12.5. The van der Waals surface area contributed by atoms with Gasteiger partial charge in [-0.05, 0) is 23.6 Å². The molecule has 5 rings (SSSR count). The van der Waals surface area contributed by atoms with Crippen molar-refractivity contribution in [3.05, 3.63) is 119 Å². The van der Waals surface area contributed by atoms with Gasteiger partial charge in [-0.1, -0.05) is 90.5 Å². The van der Waals surface area contributed by atoms with Crippen LogP contribution in [0.2, 0.25) is 0 Å². The van der Waals surface area contributed by atoms with E-state index in [4.69, 9.17) is 9.47 Å². The predicted octanol–water partition coefficient (Wildman–Crippen LogP) is 5.72. The highest BCUT2D eigenvalue weighted by molar-refractivity contribution is 5.39. The number of nitriles is 1. The van der Waals surface area contributed by atoms with Gasteiger partial charge in [-0.25, -0.2) is 4.98 Å². The Morgan fingerprint density at radius 3 is 2.13 bits per heavy atom. The molecule has 1 fully saturated rings. The van der Waals surface area contributed by atoms with Crippen LogP contribution in [0.4, 0.5) is 0 Å². The van der Waals surface area contributed by atoms with E-state index in [1.54, 1.807) is 6.33 Å². The zero-order valence-corrected chi connectivity index (χ0v) is 21.7. The quantitative estimate of drug-likeness (QED) is 0.260. The van der Waals surface area contributed by atoms with Crippen molar-refractivity contribution in [2.24, 2.45) is 5.92 Å². The summed E-state index contributed by atoms with van der Waals surface area (Å²) in [4.78, 5) is 11.5. The van der Waals surface area contributed by atoms with Crippen LogP contribution < -0.4 is 9.47 Å². The van der Waals surface area contributed by atoms with Crippen LogP contribution in [0, 0.1) is 24.2 Å². The van der Waals surface area contributed by atoms with Crippen molar-refractivity contribution in [1.82, 2.24) is 14.9 Å². The second kappa shape index (κ2) is 12.4. The van der Waals surface area contributed by atoms with Crippen molar-refractivity contribution in [2.75, 3.05) is 19.6 Å². The average Bonchev–Trinajstić information content (AvgIpc) is 2.94. The first-order valence-electron chi connectivity index (χ1n) is 13.0. The maximum Gasteiger partial charge on any atom is 0.260 e. The lowest BCUT2D eigenvalue weighted by molar-refractivity contribution is 0.125. The molecule has 4 aromatic rings. The SMILES string of the molecule is Cc1ccc([C@H](Cc2ncnc(OCc3ccccc3)c2OCc2ccccc2)CN2CC(C#N)C2)cc1. The van der Waals surface area contributed by atoms with Crippen molar-refractivity contribution < 1.29 is 9.47 Å². The first-order valence-corrected chi connectivity index (χ1v) is 13.0. The molecule has 0 radical (unpaired) electrons. The second-order valence-electron chi connectivity index (χ2n) is 9.86. The van der Waals surface area contributed by atoms with Gasteiger partial charge in [0.1, 0.15) is 19.5 Å². The summed E-state index contributed by atoms with van der Waals surface area (Å²) in [6.45, 7) is 5.36. The summed E-state index contributed by atoms with van der Waals surface area (Å²) in [5.41, 5.74) is 5.42. The number of benzene rings is 3. The molecule has 0 saturated carbocycles. The Morgan fingerprint density at radius 1 is 0.868 bits per heavy atom. The highest BCUT2D eigenvalue weighted by Gasteiger charge is 2.30. The van der Waals surface area contributed by atoms with Crippen LogP contribution in [-0.2, 0) is 19.6 Å². The minimum Gasteiger partial charge on any atom is -0.482 e. The molecule has 1 atom stereocenters.